The maximum Gasteiger partial charge on any atom is 0.374 e. The molecule has 0 spiro atoms. The Morgan fingerprint density at radius 1 is 1.22 bits per heavy atom. The number of nitrogens with one attached hydrogen (secondary N) is 1. The summed E-state index contributed by atoms with van der Waals surface area (Å²) in [5.41, 5.74) is 0.778. The topological polar surface area (TPSA) is 106 Å². The van der Waals surface area contributed by atoms with E-state index in [0.717, 1.165) is 23.0 Å². The summed E-state index contributed by atoms with van der Waals surface area (Å²) in [7, 11) is 1.43. The number of amides is 2. The van der Waals surface area contributed by atoms with Crippen LogP contribution in [0.1, 0.15) is 29.5 Å². The molecule has 0 saturated heterocycles. The zero-order valence-electron chi connectivity index (χ0n) is 15.5. The molecule has 0 aliphatic rings. The summed E-state index contributed by atoms with van der Waals surface area (Å²) in [6, 6.07) is 6.05. The Kier molecular flexibility index (Phi) is 6.70. The first kappa shape index (κ1) is 20.2. The zero-order chi connectivity index (χ0) is 20.0. The molecule has 0 aliphatic heterocycles. The van der Waals surface area contributed by atoms with E-state index in [9.17, 15) is 19.2 Å². The first-order chi connectivity index (χ1) is 12.8. The van der Waals surface area contributed by atoms with E-state index < -0.39 is 18.5 Å². The number of ether oxygens (including phenoxy) is 1. The first-order valence-electron chi connectivity index (χ1n) is 8.54. The number of carbonyl (C=O) groups excluding carboxylic acids is 3. The highest BCUT2D eigenvalue weighted by Crippen LogP contribution is 2.14. The third-order valence-electron chi connectivity index (χ3n) is 3.79. The van der Waals surface area contributed by atoms with E-state index in [1.807, 2.05) is 13.8 Å². The van der Waals surface area contributed by atoms with Crippen molar-refractivity contribution in [3.8, 4) is 0 Å². The van der Waals surface area contributed by atoms with Crippen LogP contribution < -0.4 is 10.7 Å². The molecule has 0 atom stereocenters. The van der Waals surface area contributed by atoms with Crippen molar-refractivity contribution in [2.24, 2.45) is 0 Å². The summed E-state index contributed by atoms with van der Waals surface area (Å²) in [5.74, 6) is -2.05. The van der Waals surface area contributed by atoms with Gasteiger partial charge in [0, 0.05) is 19.7 Å². The molecule has 0 fully saturated rings. The number of benzene rings is 1. The van der Waals surface area contributed by atoms with E-state index in [1.165, 1.54) is 7.05 Å². The van der Waals surface area contributed by atoms with E-state index in [1.54, 1.807) is 18.2 Å². The van der Waals surface area contributed by atoms with Crippen LogP contribution in [-0.2, 0) is 14.3 Å². The van der Waals surface area contributed by atoms with Crippen LogP contribution in [0.25, 0.3) is 11.0 Å². The Morgan fingerprint density at radius 3 is 2.67 bits per heavy atom. The van der Waals surface area contributed by atoms with E-state index >= 15 is 0 Å². The van der Waals surface area contributed by atoms with Gasteiger partial charge < -0.3 is 19.4 Å². The van der Waals surface area contributed by atoms with Gasteiger partial charge in [0.25, 0.3) is 5.91 Å². The Balaban J connectivity index is 1.98. The number of hydrogen-bond donors (Lipinski definition) is 1. The average molecular weight is 374 g/mol. The first-order valence-corrected chi connectivity index (χ1v) is 8.54. The highest BCUT2D eigenvalue weighted by Gasteiger charge is 2.18. The quantitative estimate of drug-likeness (QED) is 0.731. The number of likely N-dealkylation sites (N-methyl/N-ethyl adjacent to an activating group) is 1. The number of rotatable bonds is 7. The standard InChI is InChI=1S/C19H22N2O6/c1-4-7-20-17(23)10-21(3)18(24)11-26-19(25)16-9-14(22)13-8-12(2)5-6-15(13)27-16/h5-6,8-9H,4,7,10-11H2,1-3H3,(H,20,23). The molecule has 1 aromatic carbocycles. The van der Waals surface area contributed by atoms with Gasteiger partial charge in [0.1, 0.15) is 5.58 Å². The number of hydrogen-bond acceptors (Lipinski definition) is 6. The summed E-state index contributed by atoms with van der Waals surface area (Å²) in [4.78, 5) is 48.9. The van der Waals surface area contributed by atoms with Gasteiger partial charge in [-0.05, 0) is 25.5 Å². The van der Waals surface area contributed by atoms with Crippen molar-refractivity contribution in [1.29, 1.82) is 0 Å². The Labute approximate surface area is 156 Å². The fraction of sp³-hybridized carbons (Fsp3) is 0.368. The van der Waals surface area contributed by atoms with Gasteiger partial charge in [0.15, 0.2) is 12.0 Å². The third-order valence-corrected chi connectivity index (χ3v) is 3.79. The molecule has 0 bridgehead atoms. The van der Waals surface area contributed by atoms with Crippen molar-refractivity contribution < 1.29 is 23.5 Å². The number of esters is 1. The number of nitrogens with zero attached hydrogens (tertiary/aromatic N) is 1. The molecule has 0 radical (unpaired) electrons. The minimum atomic E-state index is -0.924. The second-order valence-electron chi connectivity index (χ2n) is 6.15. The van der Waals surface area contributed by atoms with E-state index in [4.69, 9.17) is 9.15 Å². The molecule has 0 aliphatic carbocycles. The molecule has 8 heteroatoms. The van der Waals surface area contributed by atoms with Gasteiger partial charge in [-0.3, -0.25) is 14.4 Å². The zero-order valence-corrected chi connectivity index (χ0v) is 15.5. The molecule has 8 nitrogen and oxygen atoms in total. The molecule has 27 heavy (non-hydrogen) atoms. The van der Waals surface area contributed by atoms with Gasteiger partial charge >= 0.3 is 5.97 Å². The van der Waals surface area contributed by atoms with E-state index in [-0.39, 0.29) is 29.2 Å². The second kappa shape index (κ2) is 8.98. The lowest BCUT2D eigenvalue weighted by molar-refractivity contribution is -0.137. The van der Waals surface area contributed by atoms with Gasteiger partial charge in [-0.1, -0.05) is 18.6 Å². The summed E-state index contributed by atoms with van der Waals surface area (Å²) < 4.78 is 10.3. The lowest BCUT2D eigenvalue weighted by Crippen LogP contribution is -2.40. The van der Waals surface area contributed by atoms with Crippen LogP contribution in [0.5, 0.6) is 0 Å². The van der Waals surface area contributed by atoms with Crippen molar-refractivity contribution in [2.45, 2.75) is 20.3 Å². The SMILES string of the molecule is CCCNC(=O)CN(C)C(=O)COC(=O)c1cc(=O)c2cc(C)ccc2o1. The van der Waals surface area contributed by atoms with Crippen molar-refractivity contribution in [1.82, 2.24) is 10.2 Å². The second-order valence-corrected chi connectivity index (χ2v) is 6.15. The fourth-order valence-corrected chi connectivity index (χ4v) is 2.30. The summed E-state index contributed by atoms with van der Waals surface area (Å²) >= 11 is 0. The van der Waals surface area contributed by atoms with Gasteiger partial charge in [-0.25, -0.2) is 4.79 Å². The maximum absolute atomic E-state index is 12.1. The predicted molar refractivity (Wildman–Crippen MR) is 98.4 cm³/mol. The van der Waals surface area contributed by atoms with Crippen molar-refractivity contribution in [3.05, 3.63) is 45.8 Å². The van der Waals surface area contributed by atoms with Crippen molar-refractivity contribution >= 4 is 28.8 Å². The Bertz CT molecular complexity index is 918. The van der Waals surface area contributed by atoms with Crippen LogP contribution >= 0.6 is 0 Å². The van der Waals surface area contributed by atoms with Crippen molar-refractivity contribution in [3.63, 3.8) is 0 Å². The third kappa shape index (κ3) is 5.40. The lowest BCUT2D eigenvalue weighted by Gasteiger charge is -2.16. The molecule has 1 N–H and O–H groups in total. The smallest absolute Gasteiger partial charge is 0.374 e. The number of fused-ring (bicyclic) bond motifs is 1. The van der Waals surface area contributed by atoms with Crippen LogP contribution in [0, 0.1) is 6.92 Å². The highest BCUT2D eigenvalue weighted by atomic mass is 16.5. The Morgan fingerprint density at radius 2 is 1.96 bits per heavy atom. The molecule has 1 aromatic heterocycles. The molecular weight excluding hydrogens is 352 g/mol. The number of carbonyl (C=O) groups is 3. The van der Waals surface area contributed by atoms with Crippen LogP contribution in [0.4, 0.5) is 0 Å². The minimum absolute atomic E-state index is 0.138. The molecule has 2 rings (SSSR count). The summed E-state index contributed by atoms with van der Waals surface area (Å²) in [6.07, 6.45) is 0.789. The molecule has 0 unspecified atom stereocenters. The molecule has 2 aromatic rings. The lowest BCUT2D eigenvalue weighted by atomic mass is 10.1. The molecule has 144 valence electrons. The molecule has 2 amide bonds. The van der Waals surface area contributed by atoms with E-state index in [2.05, 4.69) is 5.32 Å². The van der Waals surface area contributed by atoms with Crippen molar-refractivity contribution in [2.75, 3.05) is 26.7 Å². The average Bonchev–Trinajstić information content (AvgIpc) is 2.64. The largest absolute Gasteiger partial charge is 0.450 e. The van der Waals surface area contributed by atoms with Crippen LogP contribution in [0.15, 0.2) is 33.5 Å². The van der Waals surface area contributed by atoms with Gasteiger partial charge in [0.2, 0.25) is 11.7 Å². The normalized spacial score (nSPS) is 10.5. The van der Waals surface area contributed by atoms with Gasteiger partial charge in [0.05, 0.1) is 11.9 Å². The maximum atomic E-state index is 12.1. The van der Waals surface area contributed by atoms with Gasteiger partial charge in [-0.15, -0.1) is 0 Å². The minimum Gasteiger partial charge on any atom is -0.450 e. The summed E-state index contributed by atoms with van der Waals surface area (Å²) in [5, 5.41) is 3.01. The fourth-order valence-electron chi connectivity index (χ4n) is 2.30. The highest BCUT2D eigenvalue weighted by molar-refractivity contribution is 5.91. The van der Waals surface area contributed by atoms with Gasteiger partial charge in [-0.2, -0.15) is 0 Å². The van der Waals surface area contributed by atoms with Crippen LogP contribution in [-0.4, -0.2) is 49.4 Å². The van der Waals surface area contributed by atoms with Crippen LogP contribution in [0.3, 0.4) is 0 Å². The number of aryl methyl sites for hydroxylation is 1. The monoisotopic (exact) mass is 374 g/mol. The Hall–Kier alpha value is -3.16. The summed E-state index contributed by atoms with van der Waals surface area (Å²) in [6.45, 7) is 3.58. The molecular formula is C19H22N2O6. The molecule has 1 heterocycles. The van der Waals surface area contributed by atoms with E-state index in [0.29, 0.717) is 11.9 Å². The van der Waals surface area contributed by atoms with Crippen LogP contribution in [0.2, 0.25) is 0 Å². The predicted octanol–water partition coefficient (Wildman–Crippen LogP) is 1.24. The molecule has 0 saturated carbocycles.